The van der Waals surface area contributed by atoms with E-state index in [9.17, 15) is 4.79 Å². The summed E-state index contributed by atoms with van der Waals surface area (Å²) in [6.07, 6.45) is 9.48. The van der Waals surface area contributed by atoms with Crippen LogP contribution in [0.4, 0.5) is 4.79 Å². The summed E-state index contributed by atoms with van der Waals surface area (Å²) in [6, 6.07) is 8.68. The highest BCUT2D eigenvalue weighted by molar-refractivity contribution is 5.70. The van der Waals surface area contributed by atoms with E-state index in [0.717, 1.165) is 42.3 Å². The van der Waals surface area contributed by atoms with E-state index in [-0.39, 0.29) is 12.1 Å². The molecule has 2 aliphatic rings. The zero-order valence-electron chi connectivity index (χ0n) is 18.6. The van der Waals surface area contributed by atoms with Crippen molar-refractivity contribution in [3.63, 3.8) is 0 Å². The lowest BCUT2D eigenvalue weighted by molar-refractivity contribution is 0.0218. The Kier molecular flexibility index (Phi) is 5.72. The molecule has 2 aromatic rings. The number of aromatic amines is 1. The topological polar surface area (TPSA) is 58.2 Å². The maximum Gasteiger partial charge on any atom is 0.410 e. The van der Waals surface area contributed by atoms with Gasteiger partial charge in [-0.15, -0.1) is 0 Å². The first-order valence-electron chi connectivity index (χ1n) is 11.1. The van der Waals surface area contributed by atoms with Crippen molar-refractivity contribution in [3.05, 3.63) is 47.9 Å². The first-order valence-corrected chi connectivity index (χ1v) is 11.1. The van der Waals surface area contributed by atoms with Gasteiger partial charge in [0.25, 0.3) is 0 Å². The molecule has 1 N–H and O–H groups in total. The Morgan fingerprint density at radius 1 is 1.17 bits per heavy atom. The molecule has 1 aromatic heterocycles. The van der Waals surface area contributed by atoms with Gasteiger partial charge in [-0.1, -0.05) is 37.3 Å². The molecular formula is C25H33N3O2. The number of hydrogen-bond acceptors (Lipinski definition) is 3. The number of H-pyrrole nitrogens is 1. The summed E-state index contributed by atoms with van der Waals surface area (Å²) in [5, 5.41) is 0. The minimum absolute atomic E-state index is 0.0535. The molecule has 1 amide bonds. The number of imidazole rings is 1. The van der Waals surface area contributed by atoms with Gasteiger partial charge in [-0.3, -0.25) is 4.90 Å². The lowest BCUT2D eigenvalue weighted by atomic mass is 9.87. The summed E-state index contributed by atoms with van der Waals surface area (Å²) < 4.78 is 5.58. The number of likely N-dealkylation sites (tertiary alicyclic amines) is 1. The summed E-state index contributed by atoms with van der Waals surface area (Å²) in [7, 11) is 0. The van der Waals surface area contributed by atoms with Crippen LogP contribution in [0.25, 0.3) is 16.8 Å². The van der Waals surface area contributed by atoms with Crippen molar-refractivity contribution < 1.29 is 9.53 Å². The molecule has 2 unspecified atom stereocenters. The smallest absolute Gasteiger partial charge is 0.410 e. The maximum atomic E-state index is 12.6. The van der Waals surface area contributed by atoms with Crippen molar-refractivity contribution in [1.82, 2.24) is 14.9 Å². The number of ether oxygens (including phenoxy) is 1. The number of carbonyl (C=O) groups is 1. The van der Waals surface area contributed by atoms with Crippen LogP contribution in [0.1, 0.15) is 77.2 Å². The molecule has 2 atom stereocenters. The van der Waals surface area contributed by atoms with E-state index in [1.54, 1.807) is 4.90 Å². The molecule has 1 aliphatic carbocycles. The Morgan fingerprint density at radius 3 is 2.57 bits per heavy atom. The van der Waals surface area contributed by atoms with Crippen molar-refractivity contribution in [2.24, 2.45) is 5.92 Å². The third-order valence-corrected chi connectivity index (χ3v) is 6.03. The van der Waals surface area contributed by atoms with Gasteiger partial charge in [0.05, 0.1) is 17.9 Å². The van der Waals surface area contributed by atoms with Crippen molar-refractivity contribution in [2.45, 2.75) is 71.4 Å². The number of nitrogens with one attached hydrogen (secondary N) is 1. The van der Waals surface area contributed by atoms with E-state index in [0.29, 0.717) is 6.54 Å². The number of aromatic nitrogens is 2. The molecular weight excluding hydrogens is 374 g/mol. The molecule has 1 aromatic carbocycles. The van der Waals surface area contributed by atoms with Crippen LogP contribution in [0, 0.1) is 5.92 Å². The number of allylic oxidation sites excluding steroid dienone is 2. The molecule has 0 saturated carbocycles. The van der Waals surface area contributed by atoms with Crippen molar-refractivity contribution in [3.8, 4) is 11.3 Å². The van der Waals surface area contributed by atoms with Gasteiger partial charge in [0.1, 0.15) is 11.4 Å². The minimum atomic E-state index is -0.494. The fraction of sp³-hybridized carbons (Fsp3) is 0.520. The van der Waals surface area contributed by atoms with Crippen LogP contribution in [0.2, 0.25) is 0 Å². The normalized spacial score (nSPS) is 22.1. The summed E-state index contributed by atoms with van der Waals surface area (Å²) in [5.41, 5.74) is 4.38. The van der Waals surface area contributed by atoms with Gasteiger partial charge >= 0.3 is 6.09 Å². The highest BCUT2D eigenvalue weighted by Gasteiger charge is 2.34. The van der Waals surface area contributed by atoms with Crippen LogP contribution < -0.4 is 0 Å². The Morgan fingerprint density at radius 2 is 1.90 bits per heavy atom. The fourth-order valence-electron chi connectivity index (χ4n) is 4.33. The Bertz CT molecular complexity index is 921. The zero-order valence-corrected chi connectivity index (χ0v) is 18.6. The van der Waals surface area contributed by atoms with E-state index in [1.807, 2.05) is 27.0 Å². The fourth-order valence-corrected chi connectivity index (χ4v) is 4.33. The van der Waals surface area contributed by atoms with E-state index < -0.39 is 5.60 Å². The average Bonchev–Trinajstić information content (AvgIpc) is 3.37. The van der Waals surface area contributed by atoms with Crippen molar-refractivity contribution >= 4 is 11.7 Å². The summed E-state index contributed by atoms with van der Waals surface area (Å²) in [6.45, 7) is 8.72. The molecule has 2 heterocycles. The highest BCUT2D eigenvalue weighted by Crippen LogP contribution is 2.34. The van der Waals surface area contributed by atoms with Gasteiger partial charge in [-0.25, -0.2) is 9.78 Å². The molecule has 1 saturated heterocycles. The lowest BCUT2D eigenvalue weighted by Gasteiger charge is -2.27. The molecule has 1 fully saturated rings. The minimum Gasteiger partial charge on any atom is -0.444 e. The van der Waals surface area contributed by atoms with Crippen LogP contribution in [0.3, 0.4) is 0 Å². The van der Waals surface area contributed by atoms with Gasteiger partial charge in [-0.05, 0) is 75.5 Å². The van der Waals surface area contributed by atoms with Gasteiger partial charge in [0, 0.05) is 6.54 Å². The second-order valence-corrected chi connectivity index (χ2v) is 9.70. The van der Waals surface area contributed by atoms with E-state index in [4.69, 9.17) is 4.74 Å². The third kappa shape index (κ3) is 4.61. The molecule has 5 heteroatoms. The summed E-state index contributed by atoms with van der Waals surface area (Å²) >= 11 is 0. The molecule has 5 nitrogen and oxygen atoms in total. The van der Waals surface area contributed by atoms with Gasteiger partial charge in [0.2, 0.25) is 0 Å². The van der Waals surface area contributed by atoms with Crippen LogP contribution in [-0.2, 0) is 4.74 Å². The summed E-state index contributed by atoms with van der Waals surface area (Å²) in [4.78, 5) is 22.4. The van der Waals surface area contributed by atoms with Crippen LogP contribution in [-0.4, -0.2) is 33.1 Å². The van der Waals surface area contributed by atoms with E-state index >= 15 is 0 Å². The Hall–Kier alpha value is -2.56. The maximum absolute atomic E-state index is 12.6. The average molecular weight is 408 g/mol. The number of nitrogens with zero attached hydrogens (tertiary/aromatic N) is 2. The molecule has 30 heavy (non-hydrogen) atoms. The first-order chi connectivity index (χ1) is 14.3. The third-order valence-electron chi connectivity index (χ3n) is 6.03. The van der Waals surface area contributed by atoms with Crippen molar-refractivity contribution in [2.75, 3.05) is 6.54 Å². The first kappa shape index (κ1) is 20.7. The molecule has 0 bridgehead atoms. The summed E-state index contributed by atoms with van der Waals surface area (Å²) in [5.74, 6) is 1.63. The largest absolute Gasteiger partial charge is 0.444 e. The van der Waals surface area contributed by atoms with Gasteiger partial charge < -0.3 is 9.72 Å². The second-order valence-electron chi connectivity index (χ2n) is 9.70. The number of carbonyl (C=O) groups excluding carboxylic acids is 1. The quantitative estimate of drug-likeness (QED) is 0.645. The van der Waals surface area contributed by atoms with Crippen LogP contribution in [0.5, 0.6) is 0 Å². The Balaban J connectivity index is 1.48. The standard InChI is InChI=1S/C25H33N3O2/c1-17-7-9-18(10-8-17)19-11-13-20(14-12-19)21-16-26-23(27-21)22-6-5-15-28(22)24(29)30-25(2,3)4/h9,11-14,16-17,22H,5-8,10,15H2,1-4H3,(H,26,27). The monoisotopic (exact) mass is 407 g/mol. The number of benzene rings is 1. The number of amides is 1. The number of rotatable bonds is 3. The van der Waals surface area contributed by atoms with Crippen molar-refractivity contribution in [1.29, 1.82) is 0 Å². The molecule has 160 valence electrons. The predicted molar refractivity (Wildman–Crippen MR) is 120 cm³/mol. The SMILES string of the molecule is CC1CC=C(c2ccc(-c3cnc(C4CCCN4C(=O)OC(C)(C)C)[nH]3)cc2)CC1. The van der Waals surface area contributed by atoms with Crippen LogP contribution >= 0.6 is 0 Å². The predicted octanol–water partition coefficient (Wildman–Crippen LogP) is 6.35. The highest BCUT2D eigenvalue weighted by atomic mass is 16.6. The van der Waals surface area contributed by atoms with E-state index in [1.165, 1.54) is 24.0 Å². The Labute approximate surface area is 179 Å². The van der Waals surface area contributed by atoms with Gasteiger partial charge in [0.15, 0.2) is 0 Å². The molecule has 0 spiro atoms. The molecule has 1 aliphatic heterocycles. The second kappa shape index (κ2) is 8.29. The lowest BCUT2D eigenvalue weighted by Crippen LogP contribution is -2.36. The van der Waals surface area contributed by atoms with Crippen LogP contribution in [0.15, 0.2) is 36.5 Å². The molecule has 4 rings (SSSR count). The zero-order chi connectivity index (χ0) is 21.3. The molecule has 0 radical (unpaired) electrons. The van der Waals surface area contributed by atoms with E-state index in [2.05, 4.69) is 47.2 Å². The number of hydrogen-bond donors (Lipinski definition) is 1. The van der Waals surface area contributed by atoms with Gasteiger partial charge in [-0.2, -0.15) is 0 Å².